The molecule has 6 nitrogen and oxygen atoms in total. The molecule has 2 unspecified atom stereocenters. The predicted octanol–water partition coefficient (Wildman–Crippen LogP) is 1.32. The highest BCUT2D eigenvalue weighted by molar-refractivity contribution is 5.53. The Kier molecular flexibility index (Phi) is 3.96. The Balaban J connectivity index is 2.27. The molecule has 2 atom stereocenters. The number of rotatable bonds is 3. The number of aliphatic hydroxyl groups is 1. The third-order valence-electron chi connectivity index (χ3n) is 3.16. The molecule has 0 amide bonds. The number of ether oxygens (including phenoxy) is 1. The van der Waals surface area contributed by atoms with Crippen LogP contribution in [-0.4, -0.2) is 41.9 Å². The first-order chi connectivity index (χ1) is 9.02. The predicted molar refractivity (Wildman–Crippen MR) is 66.7 cm³/mol. The quantitative estimate of drug-likeness (QED) is 0.662. The highest BCUT2D eigenvalue weighted by Crippen LogP contribution is 2.27. The van der Waals surface area contributed by atoms with Gasteiger partial charge in [0, 0.05) is 18.7 Å². The number of nitro groups is 1. The molecule has 1 fully saturated rings. The van der Waals surface area contributed by atoms with E-state index in [4.69, 9.17) is 9.84 Å². The van der Waals surface area contributed by atoms with Gasteiger partial charge in [-0.2, -0.15) is 0 Å². The lowest BCUT2D eigenvalue weighted by molar-refractivity contribution is -0.385. The maximum atomic E-state index is 13.9. The van der Waals surface area contributed by atoms with E-state index in [9.17, 15) is 14.5 Å². The van der Waals surface area contributed by atoms with Crippen molar-refractivity contribution in [1.82, 2.24) is 0 Å². The Bertz CT molecular complexity index is 483. The van der Waals surface area contributed by atoms with Crippen LogP contribution in [0.1, 0.15) is 6.92 Å². The van der Waals surface area contributed by atoms with Crippen LogP contribution >= 0.6 is 0 Å². The van der Waals surface area contributed by atoms with E-state index in [1.54, 1.807) is 4.90 Å². The molecular formula is C12H15FN2O4. The highest BCUT2D eigenvalue weighted by atomic mass is 19.1. The van der Waals surface area contributed by atoms with E-state index in [0.29, 0.717) is 18.8 Å². The summed E-state index contributed by atoms with van der Waals surface area (Å²) in [5.74, 6) is -0.639. The van der Waals surface area contributed by atoms with Gasteiger partial charge in [0.2, 0.25) is 0 Å². The van der Waals surface area contributed by atoms with Crippen LogP contribution in [0.4, 0.5) is 15.8 Å². The molecule has 0 aliphatic carbocycles. The van der Waals surface area contributed by atoms with E-state index >= 15 is 0 Å². The summed E-state index contributed by atoms with van der Waals surface area (Å²) in [5.41, 5.74) is 0.0146. The first-order valence-corrected chi connectivity index (χ1v) is 5.96. The lowest BCUT2D eigenvalue weighted by Gasteiger charge is -2.39. The van der Waals surface area contributed by atoms with Crippen molar-refractivity contribution in [2.75, 3.05) is 24.7 Å². The number of nitro benzene ring substituents is 1. The smallest absolute Gasteiger partial charge is 0.272 e. The van der Waals surface area contributed by atoms with Crippen molar-refractivity contribution in [2.45, 2.75) is 19.1 Å². The lowest BCUT2D eigenvalue weighted by atomic mass is 10.1. The van der Waals surface area contributed by atoms with Crippen LogP contribution in [-0.2, 0) is 4.74 Å². The van der Waals surface area contributed by atoms with E-state index in [0.717, 1.165) is 6.07 Å². The molecule has 2 rings (SSSR count). The molecule has 1 aliphatic rings. The van der Waals surface area contributed by atoms with Gasteiger partial charge in [0.1, 0.15) is 0 Å². The maximum absolute atomic E-state index is 13.9. The second-order valence-electron chi connectivity index (χ2n) is 4.53. The van der Waals surface area contributed by atoms with Crippen molar-refractivity contribution < 1.29 is 19.2 Å². The molecule has 1 aromatic rings. The highest BCUT2D eigenvalue weighted by Gasteiger charge is 2.28. The molecule has 1 heterocycles. The molecule has 1 saturated heterocycles. The fourth-order valence-corrected chi connectivity index (χ4v) is 2.11. The van der Waals surface area contributed by atoms with E-state index in [1.165, 1.54) is 12.1 Å². The summed E-state index contributed by atoms with van der Waals surface area (Å²) in [4.78, 5) is 11.7. The van der Waals surface area contributed by atoms with Crippen molar-refractivity contribution in [3.63, 3.8) is 0 Å². The number of morpholine rings is 1. The average molecular weight is 270 g/mol. The summed E-state index contributed by atoms with van der Waals surface area (Å²) >= 11 is 0. The Hall–Kier alpha value is -1.73. The molecule has 19 heavy (non-hydrogen) atoms. The largest absolute Gasteiger partial charge is 0.394 e. The van der Waals surface area contributed by atoms with E-state index in [1.807, 2.05) is 6.92 Å². The molecular weight excluding hydrogens is 255 g/mol. The number of halogens is 1. The fourth-order valence-electron chi connectivity index (χ4n) is 2.11. The van der Waals surface area contributed by atoms with Crippen molar-refractivity contribution in [3.05, 3.63) is 34.1 Å². The molecule has 1 aromatic carbocycles. The van der Waals surface area contributed by atoms with Crippen LogP contribution in [0.3, 0.4) is 0 Å². The summed E-state index contributed by atoms with van der Waals surface area (Å²) in [7, 11) is 0. The van der Waals surface area contributed by atoms with Crippen LogP contribution in [0.5, 0.6) is 0 Å². The summed E-state index contributed by atoms with van der Waals surface area (Å²) in [5, 5.41) is 19.7. The second kappa shape index (κ2) is 5.50. The molecule has 104 valence electrons. The molecule has 0 saturated carbocycles. The van der Waals surface area contributed by atoms with Gasteiger partial charge >= 0.3 is 0 Å². The first-order valence-electron chi connectivity index (χ1n) is 5.96. The Morgan fingerprint density at radius 3 is 2.95 bits per heavy atom. The van der Waals surface area contributed by atoms with Crippen molar-refractivity contribution in [3.8, 4) is 0 Å². The summed E-state index contributed by atoms with van der Waals surface area (Å²) in [6.45, 7) is 2.46. The Labute approximate surface area is 109 Å². The van der Waals surface area contributed by atoms with E-state index in [2.05, 4.69) is 0 Å². The van der Waals surface area contributed by atoms with Crippen LogP contribution in [0.25, 0.3) is 0 Å². The number of non-ortho nitro benzene ring substituents is 1. The molecule has 0 radical (unpaired) electrons. The van der Waals surface area contributed by atoms with Gasteiger partial charge in [0.15, 0.2) is 5.82 Å². The minimum atomic E-state index is -0.639. The third kappa shape index (κ3) is 2.82. The van der Waals surface area contributed by atoms with Crippen molar-refractivity contribution >= 4 is 11.4 Å². The Morgan fingerprint density at radius 1 is 1.63 bits per heavy atom. The van der Waals surface area contributed by atoms with Crippen molar-refractivity contribution in [1.29, 1.82) is 0 Å². The number of hydrogen-bond acceptors (Lipinski definition) is 5. The molecule has 0 spiro atoms. The molecule has 0 aromatic heterocycles. The van der Waals surface area contributed by atoms with Gasteiger partial charge in [-0.3, -0.25) is 10.1 Å². The Morgan fingerprint density at radius 2 is 2.37 bits per heavy atom. The minimum Gasteiger partial charge on any atom is -0.394 e. The minimum absolute atomic E-state index is 0.0567. The van der Waals surface area contributed by atoms with Crippen LogP contribution < -0.4 is 4.90 Å². The molecule has 7 heteroatoms. The molecule has 1 aliphatic heterocycles. The van der Waals surface area contributed by atoms with Crippen LogP contribution in [0, 0.1) is 15.9 Å². The summed E-state index contributed by atoms with van der Waals surface area (Å²) in [6, 6.07) is 3.52. The van der Waals surface area contributed by atoms with Crippen LogP contribution in [0.2, 0.25) is 0 Å². The third-order valence-corrected chi connectivity index (χ3v) is 3.16. The van der Waals surface area contributed by atoms with Gasteiger partial charge in [-0.05, 0) is 13.0 Å². The van der Waals surface area contributed by atoms with Gasteiger partial charge in [-0.15, -0.1) is 0 Å². The van der Waals surface area contributed by atoms with Gasteiger partial charge in [-0.25, -0.2) is 4.39 Å². The summed E-state index contributed by atoms with van der Waals surface area (Å²) < 4.78 is 19.3. The number of anilines is 1. The number of benzene rings is 1. The van der Waals surface area contributed by atoms with Gasteiger partial charge < -0.3 is 14.7 Å². The lowest BCUT2D eigenvalue weighted by Crippen LogP contribution is -2.49. The number of aliphatic hydroxyl groups excluding tert-OH is 1. The van der Waals surface area contributed by atoms with Crippen LogP contribution in [0.15, 0.2) is 18.2 Å². The zero-order valence-electron chi connectivity index (χ0n) is 10.5. The maximum Gasteiger partial charge on any atom is 0.272 e. The number of hydrogen-bond donors (Lipinski definition) is 1. The molecule has 1 N–H and O–H groups in total. The zero-order chi connectivity index (χ0) is 14.0. The number of nitrogens with zero attached hydrogens (tertiary/aromatic N) is 2. The fraction of sp³-hybridized carbons (Fsp3) is 0.500. The first kappa shape index (κ1) is 13.7. The van der Waals surface area contributed by atoms with Gasteiger partial charge in [0.05, 0.1) is 36.0 Å². The zero-order valence-corrected chi connectivity index (χ0v) is 10.5. The topological polar surface area (TPSA) is 75.8 Å². The average Bonchev–Trinajstić information content (AvgIpc) is 2.39. The van der Waals surface area contributed by atoms with E-state index < -0.39 is 10.7 Å². The SMILES string of the molecule is CC1COC(CO)CN1c1ccc([N+](=O)[O-])cc1F. The van der Waals surface area contributed by atoms with Gasteiger partial charge in [-0.1, -0.05) is 0 Å². The summed E-state index contributed by atoms with van der Waals surface area (Å²) in [6.07, 6.45) is -0.370. The monoisotopic (exact) mass is 270 g/mol. The van der Waals surface area contributed by atoms with E-state index in [-0.39, 0.29) is 24.4 Å². The molecule has 0 bridgehead atoms. The standard InChI is InChI=1S/C12H15FN2O4/c1-8-7-19-10(6-16)5-14(8)12-3-2-9(15(17)18)4-11(12)13/h2-4,8,10,16H,5-7H2,1H3. The van der Waals surface area contributed by atoms with Gasteiger partial charge in [0.25, 0.3) is 5.69 Å². The normalized spacial score (nSPS) is 23.4. The second-order valence-corrected chi connectivity index (χ2v) is 4.53. The van der Waals surface area contributed by atoms with Crippen molar-refractivity contribution in [2.24, 2.45) is 0 Å².